The number of aliphatic hydroxyl groups is 2. The van der Waals surface area contributed by atoms with Crippen molar-refractivity contribution in [3.05, 3.63) is 97.2 Å². The molecule has 0 aliphatic carbocycles. The van der Waals surface area contributed by atoms with E-state index in [1.807, 2.05) is 0 Å². The number of unbranched alkanes of at least 4 members (excludes halogenated alkanes) is 22. The summed E-state index contributed by atoms with van der Waals surface area (Å²) in [6.07, 6.45) is 59.4. The zero-order chi connectivity index (χ0) is 57.5. The van der Waals surface area contributed by atoms with Crippen LogP contribution in [0.15, 0.2) is 97.2 Å². The monoisotopic (exact) mass is 1110 g/mol. The number of carbonyl (C=O) groups excluding carboxylic acids is 3. The average Bonchev–Trinajstić information content (AvgIpc) is 3.46. The lowest BCUT2D eigenvalue weighted by Crippen LogP contribution is -2.61. The molecular formula is C67H110O12. The van der Waals surface area contributed by atoms with Gasteiger partial charge in [0.1, 0.15) is 18.8 Å². The van der Waals surface area contributed by atoms with E-state index < -0.39 is 67.3 Å². The quantitative estimate of drug-likeness (QED) is 0.0228. The summed E-state index contributed by atoms with van der Waals surface area (Å²) < 4.78 is 28.5. The number of allylic oxidation sites excluding steroid dienone is 16. The van der Waals surface area contributed by atoms with Gasteiger partial charge in [-0.15, -0.1) is 0 Å². The summed E-state index contributed by atoms with van der Waals surface area (Å²) in [5.41, 5.74) is 0. The van der Waals surface area contributed by atoms with Crippen LogP contribution in [0, 0.1) is 0 Å². The lowest BCUT2D eigenvalue weighted by Gasteiger charge is -2.40. The number of aliphatic carboxylic acids is 1. The molecule has 6 atom stereocenters. The third-order valence-electron chi connectivity index (χ3n) is 13.7. The van der Waals surface area contributed by atoms with Crippen LogP contribution in [0.25, 0.3) is 0 Å². The smallest absolute Gasteiger partial charge is 0.335 e. The van der Waals surface area contributed by atoms with Crippen molar-refractivity contribution in [2.24, 2.45) is 0 Å². The summed E-state index contributed by atoms with van der Waals surface area (Å²) in [4.78, 5) is 51.2. The van der Waals surface area contributed by atoms with Crippen molar-refractivity contribution >= 4 is 23.9 Å². The fourth-order valence-corrected chi connectivity index (χ4v) is 8.94. The highest BCUT2D eigenvalue weighted by atomic mass is 16.7. The lowest BCUT2D eigenvalue weighted by atomic mass is 9.98. The molecule has 0 bridgehead atoms. The molecule has 79 heavy (non-hydrogen) atoms. The third kappa shape index (κ3) is 44.0. The Kier molecular flexibility index (Phi) is 49.9. The topological polar surface area (TPSA) is 175 Å². The zero-order valence-electron chi connectivity index (χ0n) is 49.6. The first-order valence-electron chi connectivity index (χ1n) is 31.2. The van der Waals surface area contributed by atoms with Crippen LogP contribution < -0.4 is 0 Å². The molecule has 3 N–H and O–H groups in total. The highest BCUT2D eigenvalue weighted by molar-refractivity contribution is 5.74. The summed E-state index contributed by atoms with van der Waals surface area (Å²) in [5.74, 6) is -3.17. The molecule has 12 nitrogen and oxygen atoms in total. The lowest BCUT2D eigenvalue weighted by molar-refractivity contribution is -0.301. The van der Waals surface area contributed by atoms with Crippen molar-refractivity contribution in [3.8, 4) is 0 Å². The molecule has 0 aromatic rings. The van der Waals surface area contributed by atoms with Crippen LogP contribution in [-0.4, -0.2) is 89.2 Å². The van der Waals surface area contributed by atoms with Gasteiger partial charge in [0, 0.05) is 19.3 Å². The summed E-state index contributed by atoms with van der Waals surface area (Å²) in [6, 6.07) is 0. The highest BCUT2D eigenvalue weighted by Crippen LogP contribution is 2.26. The minimum atomic E-state index is -1.92. The van der Waals surface area contributed by atoms with Crippen LogP contribution in [0.2, 0.25) is 0 Å². The Morgan fingerprint density at radius 2 is 0.797 bits per heavy atom. The second-order valence-corrected chi connectivity index (χ2v) is 20.9. The zero-order valence-corrected chi connectivity index (χ0v) is 49.6. The summed E-state index contributed by atoms with van der Waals surface area (Å²) >= 11 is 0. The van der Waals surface area contributed by atoms with Crippen LogP contribution >= 0.6 is 0 Å². The van der Waals surface area contributed by atoms with Gasteiger partial charge >= 0.3 is 23.9 Å². The second-order valence-electron chi connectivity index (χ2n) is 20.9. The van der Waals surface area contributed by atoms with Crippen molar-refractivity contribution in [2.75, 3.05) is 13.2 Å². The Morgan fingerprint density at radius 1 is 0.430 bits per heavy atom. The number of carbonyl (C=O) groups is 4. The molecule has 1 rings (SSSR count). The van der Waals surface area contributed by atoms with E-state index >= 15 is 0 Å². The number of ether oxygens (including phenoxy) is 5. The highest BCUT2D eigenvalue weighted by Gasteiger charge is 2.50. The standard InChI is InChI=1S/C67H110O12/c1-4-7-10-13-16-19-22-25-27-29-30-32-34-37-40-43-46-49-52-55-61(70)78-65-63(72)62(71)64(66(73)74)79-67(65)76-57-58(77-60(69)54-51-48-45-42-39-35-24-21-18-15-12-9-6-3)56-75-59(68)53-50-47-44-41-38-36-33-31-28-26-23-20-17-14-11-8-5-2/h7-8,10-11,16-17,19-20,25-28,30,32,37,40,58,62-65,67,71-72H,4-6,9,12-15,18,21-24,29,31,33-36,38-39,41-57H2,1-3H3,(H,73,74)/b10-7-,11-8-,19-16-,20-17-,27-25-,28-26-,32-30-,40-37-. The maximum atomic E-state index is 13.2. The van der Waals surface area contributed by atoms with E-state index in [2.05, 4.69) is 118 Å². The van der Waals surface area contributed by atoms with Gasteiger partial charge in [0.2, 0.25) is 0 Å². The van der Waals surface area contributed by atoms with Crippen molar-refractivity contribution in [1.29, 1.82) is 0 Å². The van der Waals surface area contributed by atoms with E-state index in [4.69, 9.17) is 23.7 Å². The summed E-state index contributed by atoms with van der Waals surface area (Å²) in [6.45, 7) is 5.76. The van der Waals surface area contributed by atoms with Gasteiger partial charge in [0.25, 0.3) is 0 Å². The molecule has 1 aliphatic rings. The molecule has 1 aliphatic heterocycles. The summed E-state index contributed by atoms with van der Waals surface area (Å²) in [7, 11) is 0. The molecule has 1 fully saturated rings. The van der Waals surface area contributed by atoms with Crippen molar-refractivity contribution in [3.63, 3.8) is 0 Å². The minimum Gasteiger partial charge on any atom is -0.479 e. The Balaban J connectivity index is 2.69. The first-order chi connectivity index (χ1) is 38.6. The van der Waals surface area contributed by atoms with Gasteiger partial charge in [0.05, 0.1) is 6.61 Å². The number of hydrogen-bond donors (Lipinski definition) is 3. The molecule has 1 heterocycles. The second kappa shape index (κ2) is 54.2. The van der Waals surface area contributed by atoms with Gasteiger partial charge in [-0.1, -0.05) is 234 Å². The van der Waals surface area contributed by atoms with Crippen LogP contribution in [0.4, 0.5) is 0 Å². The number of carboxylic acid groups (broad SMARTS) is 1. The van der Waals surface area contributed by atoms with E-state index in [1.165, 1.54) is 64.2 Å². The molecule has 0 radical (unpaired) electrons. The fraction of sp³-hybridized carbons (Fsp3) is 0.701. The Morgan fingerprint density at radius 3 is 1.23 bits per heavy atom. The predicted octanol–water partition coefficient (Wildman–Crippen LogP) is 16.5. The van der Waals surface area contributed by atoms with Crippen LogP contribution in [0.5, 0.6) is 0 Å². The largest absolute Gasteiger partial charge is 0.479 e. The SMILES string of the molecule is CC/C=C\C/C=C\C/C=C\C/C=C\C/C=C\CCCCCC(=O)OC1C(OCC(COC(=O)CCCCCCCCC/C=C\C/C=C\C/C=C\CC)OC(=O)CCCCCCCCCCCCCCC)OC(C(=O)O)C(O)C1O. The van der Waals surface area contributed by atoms with Crippen LogP contribution in [-0.2, 0) is 42.9 Å². The number of aliphatic hydroxyl groups excluding tert-OH is 2. The van der Waals surface area contributed by atoms with Crippen molar-refractivity contribution < 1.29 is 58.2 Å². The molecule has 12 heteroatoms. The van der Waals surface area contributed by atoms with Gasteiger partial charge in [-0.2, -0.15) is 0 Å². The van der Waals surface area contributed by atoms with E-state index in [0.717, 1.165) is 128 Å². The molecule has 0 aromatic carbocycles. The van der Waals surface area contributed by atoms with Crippen molar-refractivity contribution in [2.45, 2.75) is 289 Å². The van der Waals surface area contributed by atoms with E-state index in [0.29, 0.717) is 19.3 Å². The third-order valence-corrected chi connectivity index (χ3v) is 13.7. The molecule has 450 valence electrons. The molecular weight excluding hydrogens is 997 g/mol. The van der Waals surface area contributed by atoms with Gasteiger partial charge in [-0.05, 0) is 96.3 Å². The number of hydrogen-bond acceptors (Lipinski definition) is 11. The van der Waals surface area contributed by atoms with Crippen LogP contribution in [0.3, 0.4) is 0 Å². The Bertz CT molecular complexity index is 1740. The Labute approximate surface area is 479 Å². The van der Waals surface area contributed by atoms with Gasteiger partial charge in [0.15, 0.2) is 24.6 Å². The fourth-order valence-electron chi connectivity index (χ4n) is 8.94. The van der Waals surface area contributed by atoms with Gasteiger partial charge < -0.3 is 39.0 Å². The number of esters is 3. The normalized spacial score (nSPS) is 18.5. The molecule has 6 unspecified atom stereocenters. The number of rotatable bonds is 52. The van der Waals surface area contributed by atoms with Gasteiger partial charge in [-0.25, -0.2) is 4.79 Å². The Hall–Kier alpha value is -4.36. The van der Waals surface area contributed by atoms with Gasteiger partial charge in [-0.3, -0.25) is 14.4 Å². The molecule has 0 aromatic heterocycles. The summed E-state index contributed by atoms with van der Waals surface area (Å²) in [5, 5.41) is 31.5. The maximum Gasteiger partial charge on any atom is 0.335 e. The molecule has 0 amide bonds. The minimum absolute atomic E-state index is 0.0175. The van der Waals surface area contributed by atoms with E-state index in [1.54, 1.807) is 0 Å². The molecule has 0 saturated carbocycles. The van der Waals surface area contributed by atoms with Crippen molar-refractivity contribution in [1.82, 2.24) is 0 Å². The first-order valence-corrected chi connectivity index (χ1v) is 31.2. The molecule has 0 spiro atoms. The first kappa shape index (κ1) is 72.7. The number of carboxylic acids is 1. The molecule has 1 saturated heterocycles. The van der Waals surface area contributed by atoms with E-state index in [-0.39, 0.29) is 25.9 Å². The average molecular weight is 1110 g/mol. The maximum absolute atomic E-state index is 13.2. The van der Waals surface area contributed by atoms with Crippen LogP contribution in [0.1, 0.15) is 252 Å². The van der Waals surface area contributed by atoms with E-state index in [9.17, 15) is 34.5 Å². The predicted molar refractivity (Wildman–Crippen MR) is 321 cm³/mol.